The number of carbonyl (C=O) groups is 1. The molecule has 3 heteroatoms. The minimum absolute atomic E-state index is 0. The number of hydrogen-bond donors (Lipinski definition) is 1. The van der Waals surface area contributed by atoms with Crippen LogP contribution >= 0.6 is 0 Å². The summed E-state index contributed by atoms with van der Waals surface area (Å²) in [7, 11) is 0. The van der Waals surface area contributed by atoms with E-state index in [2.05, 4.69) is 0 Å². The van der Waals surface area contributed by atoms with Crippen molar-refractivity contribution in [3.63, 3.8) is 0 Å². The van der Waals surface area contributed by atoms with Gasteiger partial charge in [-0.1, -0.05) is 36.4 Å². The third-order valence-corrected chi connectivity index (χ3v) is 2.02. The van der Waals surface area contributed by atoms with Gasteiger partial charge in [0.25, 0.3) is 0 Å². The predicted octanol–water partition coefficient (Wildman–Crippen LogP) is 1.62. The van der Waals surface area contributed by atoms with Gasteiger partial charge in [0.15, 0.2) is 0 Å². The van der Waals surface area contributed by atoms with E-state index in [9.17, 15) is 4.79 Å². The Morgan fingerprint density at radius 2 is 1.64 bits per heavy atom. The van der Waals surface area contributed by atoms with E-state index in [4.69, 9.17) is 5.11 Å². The van der Waals surface area contributed by atoms with E-state index in [1.807, 2.05) is 30.3 Å². The van der Waals surface area contributed by atoms with Crippen molar-refractivity contribution in [2.75, 3.05) is 0 Å². The molecule has 0 saturated carbocycles. The Kier molecular flexibility index (Phi) is 3.93. The van der Waals surface area contributed by atoms with Crippen LogP contribution in [0.15, 0.2) is 42.5 Å². The zero-order valence-corrected chi connectivity index (χ0v) is 6.90. The summed E-state index contributed by atoms with van der Waals surface area (Å²) in [6, 6.07) is 12.7. The summed E-state index contributed by atoms with van der Waals surface area (Å²) in [5.74, 6) is -0.878. The van der Waals surface area contributed by atoms with Gasteiger partial charge in [-0.15, -0.1) is 0 Å². The molecule has 2 aromatic carbocycles. The number of aromatic carboxylic acids is 1. The molecule has 0 aliphatic rings. The summed E-state index contributed by atoms with van der Waals surface area (Å²) in [5, 5.41) is 10.6. The summed E-state index contributed by atoms with van der Waals surface area (Å²) in [6.07, 6.45) is 0. The summed E-state index contributed by atoms with van der Waals surface area (Å²) in [5.41, 5.74) is 0.359. The third kappa shape index (κ3) is 2.08. The van der Waals surface area contributed by atoms with Crippen LogP contribution in [0.25, 0.3) is 10.8 Å². The summed E-state index contributed by atoms with van der Waals surface area (Å²) < 4.78 is 0. The van der Waals surface area contributed by atoms with E-state index in [1.165, 1.54) is 0 Å². The van der Waals surface area contributed by atoms with Gasteiger partial charge >= 0.3 is 43.7 Å². The fourth-order valence-corrected chi connectivity index (χ4v) is 1.41. The summed E-state index contributed by atoms with van der Waals surface area (Å²) in [4.78, 5) is 10.8. The number of carboxylic acids is 1. The van der Waals surface area contributed by atoms with Gasteiger partial charge in [-0.25, -0.2) is 4.79 Å². The van der Waals surface area contributed by atoms with Crippen LogP contribution in [0, 0.1) is 0 Å². The molecule has 0 saturated heterocycles. The summed E-state index contributed by atoms with van der Waals surface area (Å²) in [6.45, 7) is 0. The molecular weight excluding hydrogens is 204 g/mol. The first-order valence-electron chi connectivity index (χ1n) is 4.00. The van der Waals surface area contributed by atoms with Crippen LogP contribution in [-0.2, 0) is 0 Å². The molecule has 1 N–H and O–H groups in total. The molecule has 2 aromatic rings. The molecular formula is C11H10CaO2. The van der Waals surface area contributed by atoms with Crippen molar-refractivity contribution in [3.05, 3.63) is 48.0 Å². The molecule has 0 amide bonds. The van der Waals surface area contributed by atoms with E-state index in [0.29, 0.717) is 5.56 Å². The van der Waals surface area contributed by atoms with Crippen molar-refractivity contribution < 1.29 is 9.90 Å². The van der Waals surface area contributed by atoms with Gasteiger partial charge in [-0.3, -0.25) is 0 Å². The van der Waals surface area contributed by atoms with Gasteiger partial charge in [0.2, 0.25) is 0 Å². The van der Waals surface area contributed by atoms with Crippen LogP contribution in [0.5, 0.6) is 0 Å². The average Bonchev–Trinajstić information content (AvgIpc) is 2.17. The zero-order chi connectivity index (χ0) is 9.26. The quantitative estimate of drug-likeness (QED) is 0.732. The summed E-state index contributed by atoms with van der Waals surface area (Å²) >= 11 is 0. The van der Waals surface area contributed by atoms with Crippen molar-refractivity contribution in [1.29, 1.82) is 0 Å². The van der Waals surface area contributed by atoms with Crippen LogP contribution in [0.4, 0.5) is 0 Å². The first-order valence-corrected chi connectivity index (χ1v) is 4.00. The molecule has 0 fully saturated rings. The molecule has 0 atom stereocenters. The first-order chi connectivity index (χ1) is 6.29. The van der Waals surface area contributed by atoms with Gasteiger partial charge in [0.1, 0.15) is 0 Å². The molecule has 0 radical (unpaired) electrons. The fraction of sp³-hybridized carbons (Fsp3) is 0. The normalized spacial score (nSPS) is 9.43. The Labute approximate surface area is 112 Å². The van der Waals surface area contributed by atoms with Crippen LogP contribution in [-0.4, -0.2) is 48.8 Å². The van der Waals surface area contributed by atoms with Crippen molar-refractivity contribution in [2.45, 2.75) is 0 Å². The molecule has 2 rings (SSSR count). The Morgan fingerprint density at radius 1 is 1.00 bits per heavy atom. The predicted molar refractivity (Wildman–Crippen MR) is 59.5 cm³/mol. The van der Waals surface area contributed by atoms with Gasteiger partial charge in [0, 0.05) is 0 Å². The molecule has 68 valence electrons. The Balaban J connectivity index is 0.000000980. The standard InChI is InChI=1S/C11H8O2.Ca.2H/c12-11(13)10-7-3-5-8-4-1-2-6-9(8)10;;;/h1-7H,(H,12,13);;;. The molecule has 0 unspecified atom stereocenters. The number of hydrogen-bond acceptors (Lipinski definition) is 1. The molecule has 0 aliphatic heterocycles. The van der Waals surface area contributed by atoms with Gasteiger partial charge in [-0.05, 0) is 16.8 Å². The fourth-order valence-electron chi connectivity index (χ4n) is 1.41. The monoisotopic (exact) mass is 214 g/mol. The van der Waals surface area contributed by atoms with Crippen LogP contribution in [0.1, 0.15) is 10.4 Å². The van der Waals surface area contributed by atoms with E-state index >= 15 is 0 Å². The molecule has 0 aliphatic carbocycles. The van der Waals surface area contributed by atoms with Crippen molar-refractivity contribution in [3.8, 4) is 0 Å². The second-order valence-corrected chi connectivity index (χ2v) is 2.83. The average molecular weight is 214 g/mol. The van der Waals surface area contributed by atoms with Crippen molar-refractivity contribution in [2.24, 2.45) is 0 Å². The van der Waals surface area contributed by atoms with E-state index in [1.54, 1.807) is 12.1 Å². The molecule has 0 bridgehead atoms. The Bertz CT molecular complexity index is 460. The van der Waals surface area contributed by atoms with E-state index < -0.39 is 5.97 Å². The Morgan fingerprint density at radius 3 is 2.36 bits per heavy atom. The Hall–Kier alpha value is -0.570. The molecule has 0 heterocycles. The number of benzene rings is 2. The second-order valence-electron chi connectivity index (χ2n) is 2.83. The van der Waals surface area contributed by atoms with Crippen LogP contribution in [0.2, 0.25) is 0 Å². The molecule has 2 nitrogen and oxygen atoms in total. The number of fused-ring (bicyclic) bond motifs is 1. The zero-order valence-electron chi connectivity index (χ0n) is 6.90. The van der Waals surface area contributed by atoms with Crippen molar-refractivity contribution in [1.82, 2.24) is 0 Å². The van der Waals surface area contributed by atoms with E-state index in [0.717, 1.165) is 10.8 Å². The molecule has 14 heavy (non-hydrogen) atoms. The van der Waals surface area contributed by atoms with Crippen LogP contribution in [0.3, 0.4) is 0 Å². The SMILES string of the molecule is O=C(O)c1cccc2ccccc12.[CaH2]. The number of rotatable bonds is 1. The van der Waals surface area contributed by atoms with Crippen LogP contribution < -0.4 is 0 Å². The molecule has 0 spiro atoms. The van der Waals surface area contributed by atoms with Gasteiger partial charge < -0.3 is 5.11 Å². The maximum atomic E-state index is 10.8. The van der Waals surface area contributed by atoms with E-state index in [-0.39, 0.29) is 37.7 Å². The third-order valence-electron chi connectivity index (χ3n) is 2.02. The van der Waals surface area contributed by atoms with Crippen molar-refractivity contribution >= 4 is 54.5 Å². The second kappa shape index (κ2) is 4.78. The maximum absolute atomic E-state index is 10.8. The molecule has 0 aromatic heterocycles. The number of carboxylic acid groups (broad SMARTS) is 1. The first kappa shape index (κ1) is 11.5. The minimum atomic E-state index is -0.878. The van der Waals surface area contributed by atoms with Gasteiger partial charge in [-0.2, -0.15) is 0 Å². The topological polar surface area (TPSA) is 37.3 Å². The van der Waals surface area contributed by atoms with Gasteiger partial charge in [0.05, 0.1) is 5.56 Å².